The zero-order valence-corrected chi connectivity index (χ0v) is 7.82. The van der Waals surface area contributed by atoms with E-state index in [-0.39, 0.29) is 24.5 Å². The van der Waals surface area contributed by atoms with Crippen molar-refractivity contribution in [2.75, 3.05) is 0 Å². The number of carboxylic acids is 1. The Balaban J connectivity index is 4.31. The minimum atomic E-state index is -1.00. The standard InChI is InChI=1S/C9H14O4/c1-6(3-4-10)8(7(2)11)5-9(12)13/h4,6,8H,3,5H2,1-2H3,(H,12,13). The summed E-state index contributed by atoms with van der Waals surface area (Å²) in [5, 5.41) is 8.51. The van der Waals surface area contributed by atoms with Crippen molar-refractivity contribution in [1.29, 1.82) is 0 Å². The van der Waals surface area contributed by atoms with Crippen molar-refractivity contribution < 1.29 is 19.5 Å². The third-order valence-electron chi connectivity index (χ3n) is 2.07. The van der Waals surface area contributed by atoms with Crippen LogP contribution in [0.5, 0.6) is 0 Å². The highest BCUT2D eigenvalue weighted by molar-refractivity contribution is 5.83. The maximum Gasteiger partial charge on any atom is 0.304 e. The summed E-state index contributed by atoms with van der Waals surface area (Å²) in [6, 6.07) is 0. The summed E-state index contributed by atoms with van der Waals surface area (Å²) in [4.78, 5) is 31.6. The molecule has 13 heavy (non-hydrogen) atoms. The van der Waals surface area contributed by atoms with Crippen molar-refractivity contribution in [2.45, 2.75) is 26.7 Å². The number of aliphatic carboxylic acids is 1. The Kier molecular flexibility index (Phi) is 4.96. The Hall–Kier alpha value is -1.19. The van der Waals surface area contributed by atoms with Crippen molar-refractivity contribution in [2.24, 2.45) is 11.8 Å². The summed E-state index contributed by atoms with van der Waals surface area (Å²) >= 11 is 0. The lowest BCUT2D eigenvalue weighted by molar-refractivity contribution is -0.141. The predicted molar refractivity (Wildman–Crippen MR) is 46.3 cm³/mol. The van der Waals surface area contributed by atoms with Gasteiger partial charge >= 0.3 is 5.97 Å². The lowest BCUT2D eigenvalue weighted by atomic mass is 9.86. The molecular weight excluding hydrogens is 172 g/mol. The molecule has 0 heterocycles. The molecule has 0 aromatic heterocycles. The molecule has 0 fully saturated rings. The third kappa shape index (κ3) is 4.40. The fourth-order valence-electron chi connectivity index (χ4n) is 1.25. The number of ketones is 1. The Morgan fingerprint density at radius 1 is 1.46 bits per heavy atom. The van der Waals surface area contributed by atoms with Gasteiger partial charge in [0, 0.05) is 12.3 Å². The Labute approximate surface area is 76.9 Å². The zero-order valence-electron chi connectivity index (χ0n) is 7.82. The van der Waals surface area contributed by atoms with E-state index >= 15 is 0 Å². The van der Waals surface area contributed by atoms with E-state index < -0.39 is 11.9 Å². The first-order chi connectivity index (χ1) is 5.99. The maximum atomic E-state index is 11.0. The Bertz CT molecular complexity index is 210. The number of carboxylic acid groups (broad SMARTS) is 1. The quantitative estimate of drug-likeness (QED) is 0.625. The maximum absolute atomic E-state index is 11.0. The molecule has 0 rings (SSSR count). The van der Waals surface area contributed by atoms with Crippen LogP contribution in [0.1, 0.15) is 26.7 Å². The number of Topliss-reactive ketones (excluding diaryl/α,β-unsaturated/α-hetero) is 1. The van der Waals surface area contributed by atoms with Crippen molar-refractivity contribution >= 4 is 18.0 Å². The van der Waals surface area contributed by atoms with Crippen LogP contribution in [0.4, 0.5) is 0 Å². The van der Waals surface area contributed by atoms with E-state index in [1.807, 2.05) is 0 Å². The number of aldehydes is 1. The van der Waals surface area contributed by atoms with Crippen LogP contribution in [0.25, 0.3) is 0 Å². The van der Waals surface area contributed by atoms with Crippen LogP contribution in [0.15, 0.2) is 0 Å². The first kappa shape index (κ1) is 11.8. The molecule has 0 aliphatic heterocycles. The van der Waals surface area contributed by atoms with Crippen LogP contribution >= 0.6 is 0 Å². The molecule has 0 bridgehead atoms. The number of rotatable bonds is 6. The van der Waals surface area contributed by atoms with Crippen LogP contribution in [0.3, 0.4) is 0 Å². The molecule has 0 aliphatic rings. The van der Waals surface area contributed by atoms with Gasteiger partial charge in [0.1, 0.15) is 12.1 Å². The third-order valence-corrected chi connectivity index (χ3v) is 2.07. The van der Waals surface area contributed by atoms with Crippen LogP contribution in [-0.4, -0.2) is 23.1 Å². The molecule has 0 radical (unpaired) electrons. The average Bonchev–Trinajstić information content (AvgIpc) is 1.99. The van der Waals surface area contributed by atoms with Gasteiger partial charge in [0.05, 0.1) is 6.42 Å². The van der Waals surface area contributed by atoms with E-state index in [0.29, 0.717) is 6.29 Å². The summed E-state index contributed by atoms with van der Waals surface area (Å²) in [7, 11) is 0. The molecule has 2 atom stereocenters. The van der Waals surface area contributed by atoms with Gasteiger partial charge in [-0.05, 0) is 12.8 Å². The van der Waals surface area contributed by atoms with Gasteiger partial charge in [0.15, 0.2) is 0 Å². The van der Waals surface area contributed by atoms with E-state index in [1.165, 1.54) is 6.92 Å². The van der Waals surface area contributed by atoms with Gasteiger partial charge in [0.2, 0.25) is 0 Å². The molecule has 0 aromatic rings. The van der Waals surface area contributed by atoms with Crippen LogP contribution in [-0.2, 0) is 14.4 Å². The number of hydrogen-bond donors (Lipinski definition) is 1. The highest BCUT2D eigenvalue weighted by Gasteiger charge is 2.24. The Morgan fingerprint density at radius 2 is 2.00 bits per heavy atom. The summed E-state index contributed by atoms with van der Waals surface area (Å²) in [5.41, 5.74) is 0. The van der Waals surface area contributed by atoms with Crippen molar-refractivity contribution in [1.82, 2.24) is 0 Å². The van der Waals surface area contributed by atoms with Gasteiger partial charge in [-0.3, -0.25) is 9.59 Å². The summed E-state index contributed by atoms with van der Waals surface area (Å²) in [6.07, 6.45) is 0.754. The second kappa shape index (κ2) is 5.45. The minimum Gasteiger partial charge on any atom is -0.481 e. The summed E-state index contributed by atoms with van der Waals surface area (Å²) in [5.74, 6) is -1.90. The molecule has 0 saturated heterocycles. The second-order valence-electron chi connectivity index (χ2n) is 3.19. The molecular formula is C9H14O4. The van der Waals surface area contributed by atoms with E-state index in [2.05, 4.69) is 0 Å². The molecule has 0 spiro atoms. The fraction of sp³-hybridized carbons (Fsp3) is 0.667. The zero-order chi connectivity index (χ0) is 10.4. The van der Waals surface area contributed by atoms with E-state index in [9.17, 15) is 14.4 Å². The van der Waals surface area contributed by atoms with Crippen molar-refractivity contribution in [3.05, 3.63) is 0 Å². The monoisotopic (exact) mass is 186 g/mol. The first-order valence-electron chi connectivity index (χ1n) is 4.15. The number of carbonyl (C=O) groups is 3. The number of carbonyl (C=O) groups excluding carboxylic acids is 2. The molecule has 0 aliphatic carbocycles. The predicted octanol–water partition coefficient (Wildman–Crippen LogP) is 0.891. The van der Waals surface area contributed by atoms with Gasteiger partial charge in [-0.1, -0.05) is 6.92 Å². The van der Waals surface area contributed by atoms with Gasteiger partial charge in [0.25, 0.3) is 0 Å². The van der Waals surface area contributed by atoms with Crippen LogP contribution < -0.4 is 0 Å². The largest absolute Gasteiger partial charge is 0.481 e. The molecule has 0 aromatic carbocycles. The fourth-order valence-corrected chi connectivity index (χ4v) is 1.25. The highest BCUT2D eigenvalue weighted by atomic mass is 16.4. The van der Waals surface area contributed by atoms with Gasteiger partial charge in [-0.15, -0.1) is 0 Å². The summed E-state index contributed by atoms with van der Waals surface area (Å²) in [6.45, 7) is 3.07. The normalized spacial score (nSPS) is 14.6. The van der Waals surface area contributed by atoms with E-state index in [4.69, 9.17) is 5.11 Å². The molecule has 0 saturated carbocycles. The van der Waals surface area contributed by atoms with E-state index in [1.54, 1.807) is 6.92 Å². The van der Waals surface area contributed by atoms with Crippen molar-refractivity contribution in [3.63, 3.8) is 0 Å². The topological polar surface area (TPSA) is 71.4 Å². The lowest BCUT2D eigenvalue weighted by Crippen LogP contribution is -2.23. The molecule has 1 N–H and O–H groups in total. The first-order valence-corrected chi connectivity index (χ1v) is 4.15. The van der Waals surface area contributed by atoms with Gasteiger partial charge in [-0.2, -0.15) is 0 Å². The van der Waals surface area contributed by atoms with Gasteiger partial charge < -0.3 is 9.90 Å². The molecule has 4 nitrogen and oxygen atoms in total. The van der Waals surface area contributed by atoms with Crippen LogP contribution in [0, 0.1) is 11.8 Å². The molecule has 74 valence electrons. The molecule has 2 unspecified atom stereocenters. The number of hydrogen-bond acceptors (Lipinski definition) is 3. The smallest absolute Gasteiger partial charge is 0.304 e. The minimum absolute atomic E-state index is 0.170. The highest BCUT2D eigenvalue weighted by Crippen LogP contribution is 2.19. The van der Waals surface area contributed by atoms with Crippen molar-refractivity contribution in [3.8, 4) is 0 Å². The van der Waals surface area contributed by atoms with Crippen LogP contribution in [0.2, 0.25) is 0 Å². The summed E-state index contributed by atoms with van der Waals surface area (Å²) < 4.78 is 0. The average molecular weight is 186 g/mol. The van der Waals surface area contributed by atoms with E-state index in [0.717, 1.165) is 0 Å². The Morgan fingerprint density at radius 3 is 2.31 bits per heavy atom. The molecule has 0 amide bonds. The molecule has 4 heteroatoms. The second-order valence-corrected chi connectivity index (χ2v) is 3.19. The lowest BCUT2D eigenvalue weighted by Gasteiger charge is -2.17. The van der Waals surface area contributed by atoms with Gasteiger partial charge in [-0.25, -0.2) is 0 Å². The SMILES string of the molecule is CC(=O)C(CC(=O)O)C(C)CC=O.